The molecular weight excluding hydrogens is 627 g/mol. The summed E-state index contributed by atoms with van der Waals surface area (Å²) in [5, 5.41) is 4.62. The average Bonchev–Trinajstić information content (AvgIpc) is 3.21. The van der Waals surface area contributed by atoms with E-state index in [2.05, 4.69) is 50.4 Å². The van der Waals surface area contributed by atoms with Crippen molar-refractivity contribution in [1.29, 1.82) is 0 Å². The second kappa shape index (κ2) is 17.3. The third-order valence-electron chi connectivity index (χ3n) is 6.73. The van der Waals surface area contributed by atoms with Gasteiger partial charge in [-0.15, -0.1) is 0 Å². The Balaban J connectivity index is 1.28. The number of carbonyl (C=O) groups is 2. The van der Waals surface area contributed by atoms with Crippen LogP contribution in [0.4, 0.5) is 23.3 Å². The molecule has 0 atom stereocenters. The van der Waals surface area contributed by atoms with Gasteiger partial charge in [0.05, 0.1) is 0 Å². The van der Waals surface area contributed by atoms with E-state index < -0.39 is 11.8 Å². The molecule has 1 aliphatic rings. The number of anilines is 4. The summed E-state index contributed by atoms with van der Waals surface area (Å²) in [6, 6.07) is 0. The van der Waals surface area contributed by atoms with Crippen LogP contribution in [0.1, 0.15) is 53.1 Å². The van der Waals surface area contributed by atoms with Crippen LogP contribution < -0.4 is 45.0 Å². The zero-order chi connectivity index (χ0) is 32.9. The summed E-state index contributed by atoms with van der Waals surface area (Å²) in [6.07, 6.45) is 4.67. The number of halogens is 2. The third-order valence-corrected chi connectivity index (χ3v) is 7.29. The highest BCUT2D eigenvalue weighted by atomic mass is 35.5. The molecule has 2 amide bonds. The number of nitrogens with one attached hydrogen (secondary N) is 2. The standard InChI is InChI=1S/C25H40Cl2N16O2/c26-16-20(30)38-18(28)14(36-16)22(44)40-24(32)34-6-2-1-3-8-42-10-5-11-43(13-12-42)9-4-7-35-25(33)41-23(45)15-19(29)39-21(31)17(27)37-15/h1-13H2,(H4,28,30,38)(H4,29,31,39)(H3,32,34,40,44)(H3,33,35,41,45). The Hall–Kier alpha value is -4.26. The van der Waals surface area contributed by atoms with Gasteiger partial charge in [-0.05, 0) is 51.9 Å². The number of hydrogen-bond acceptors (Lipinski definition) is 14. The minimum atomic E-state index is -0.667. The fourth-order valence-electron chi connectivity index (χ4n) is 4.44. The number of guanidine groups is 2. The summed E-state index contributed by atoms with van der Waals surface area (Å²) in [6.45, 7) is 6.75. The van der Waals surface area contributed by atoms with Gasteiger partial charge in [-0.25, -0.2) is 19.9 Å². The van der Waals surface area contributed by atoms with E-state index in [1.807, 2.05) is 0 Å². The molecule has 20 heteroatoms. The molecule has 0 aliphatic carbocycles. The van der Waals surface area contributed by atoms with Gasteiger partial charge in [0.25, 0.3) is 11.8 Å². The SMILES string of the molecule is NC(=NCCCCCN1CCCN(CCCN=C(N)NC(=O)c2nc(Cl)c(N)nc2N)CC1)NC(=O)c1nc(Cl)c(N)nc1N. The number of carbonyl (C=O) groups excluding carboxylic acids is 2. The fourth-order valence-corrected chi connectivity index (χ4v) is 4.69. The molecule has 0 saturated carbocycles. The Bertz CT molecular complexity index is 1410. The monoisotopic (exact) mass is 666 g/mol. The second-order valence-electron chi connectivity index (χ2n) is 10.2. The highest BCUT2D eigenvalue weighted by Crippen LogP contribution is 2.18. The normalized spacial score (nSPS) is 15.1. The first-order chi connectivity index (χ1) is 21.4. The van der Waals surface area contributed by atoms with E-state index >= 15 is 0 Å². The maximum Gasteiger partial charge on any atom is 0.280 e. The molecule has 14 N–H and O–H groups in total. The van der Waals surface area contributed by atoms with Gasteiger partial charge >= 0.3 is 0 Å². The lowest BCUT2D eigenvalue weighted by atomic mass is 10.2. The van der Waals surface area contributed by atoms with E-state index in [-0.39, 0.29) is 56.9 Å². The number of nitrogens with two attached hydrogens (primary N) is 6. The van der Waals surface area contributed by atoms with Crippen LogP contribution in [-0.4, -0.2) is 106 Å². The number of nitrogens with zero attached hydrogens (tertiary/aromatic N) is 8. The van der Waals surface area contributed by atoms with Crippen LogP contribution in [0.25, 0.3) is 0 Å². The molecule has 246 valence electrons. The molecule has 0 spiro atoms. The Labute approximate surface area is 270 Å². The second-order valence-corrected chi connectivity index (χ2v) is 10.9. The van der Waals surface area contributed by atoms with E-state index in [9.17, 15) is 9.59 Å². The molecule has 0 aromatic carbocycles. The maximum atomic E-state index is 12.3. The maximum absolute atomic E-state index is 12.3. The van der Waals surface area contributed by atoms with Crippen molar-refractivity contribution in [3.05, 3.63) is 21.7 Å². The summed E-state index contributed by atoms with van der Waals surface area (Å²) >= 11 is 11.6. The average molecular weight is 668 g/mol. The lowest BCUT2D eigenvalue weighted by Gasteiger charge is -2.21. The minimum absolute atomic E-state index is 0.0385. The zero-order valence-electron chi connectivity index (χ0n) is 24.8. The quantitative estimate of drug-likeness (QED) is 0.0786. The largest absolute Gasteiger partial charge is 0.382 e. The van der Waals surface area contributed by atoms with Gasteiger partial charge in [-0.3, -0.25) is 30.2 Å². The number of nitrogen functional groups attached to an aromatic ring is 4. The number of aromatic nitrogens is 4. The molecule has 1 aliphatic heterocycles. The molecule has 3 rings (SSSR count). The van der Waals surface area contributed by atoms with Crippen molar-refractivity contribution in [3.63, 3.8) is 0 Å². The van der Waals surface area contributed by atoms with Crippen LogP contribution in [0.2, 0.25) is 10.3 Å². The number of rotatable bonds is 12. The minimum Gasteiger partial charge on any atom is -0.382 e. The van der Waals surface area contributed by atoms with Crippen molar-refractivity contribution in [2.75, 3.05) is 75.3 Å². The van der Waals surface area contributed by atoms with Gasteiger partial charge in [0.15, 0.2) is 56.9 Å². The predicted octanol–water partition coefficient (Wildman–Crippen LogP) is -0.740. The fraction of sp³-hybridized carbons (Fsp3) is 0.520. The molecule has 45 heavy (non-hydrogen) atoms. The van der Waals surface area contributed by atoms with Gasteiger partial charge in [0.1, 0.15) is 0 Å². The molecule has 3 heterocycles. The van der Waals surface area contributed by atoms with Crippen molar-refractivity contribution < 1.29 is 9.59 Å². The summed E-state index contributed by atoms with van der Waals surface area (Å²) in [7, 11) is 0. The van der Waals surface area contributed by atoms with Crippen molar-refractivity contribution in [2.24, 2.45) is 21.5 Å². The summed E-state index contributed by atoms with van der Waals surface area (Å²) in [5.74, 6) is -1.85. The highest BCUT2D eigenvalue weighted by Gasteiger charge is 2.18. The van der Waals surface area contributed by atoms with E-state index in [1.165, 1.54) is 0 Å². The number of hydrogen-bond donors (Lipinski definition) is 8. The Morgan fingerprint density at radius 2 is 1.09 bits per heavy atom. The van der Waals surface area contributed by atoms with Crippen molar-refractivity contribution in [1.82, 2.24) is 40.4 Å². The summed E-state index contributed by atoms with van der Waals surface area (Å²) in [5.41, 5.74) is 33.7. The number of aliphatic imine (C=N–C) groups is 2. The molecule has 0 unspecified atom stereocenters. The third kappa shape index (κ3) is 11.3. The molecule has 0 radical (unpaired) electrons. The van der Waals surface area contributed by atoms with Crippen LogP contribution in [-0.2, 0) is 0 Å². The van der Waals surface area contributed by atoms with Crippen molar-refractivity contribution >= 4 is 70.2 Å². The predicted molar refractivity (Wildman–Crippen MR) is 176 cm³/mol. The van der Waals surface area contributed by atoms with Gasteiger partial charge in [0.2, 0.25) is 0 Å². The summed E-state index contributed by atoms with van der Waals surface area (Å²) < 4.78 is 0. The van der Waals surface area contributed by atoms with E-state index in [4.69, 9.17) is 57.6 Å². The topological polar surface area (TPSA) is 297 Å². The molecule has 0 bridgehead atoms. The van der Waals surface area contributed by atoms with Crippen LogP contribution in [0.5, 0.6) is 0 Å². The Morgan fingerprint density at radius 3 is 1.58 bits per heavy atom. The van der Waals surface area contributed by atoms with Gasteiger partial charge in [-0.1, -0.05) is 29.6 Å². The molecular formula is C25H40Cl2N16O2. The molecule has 2 aromatic rings. The van der Waals surface area contributed by atoms with Gasteiger partial charge in [-0.2, -0.15) is 0 Å². The first kappa shape index (κ1) is 35.2. The van der Waals surface area contributed by atoms with Crippen LogP contribution >= 0.6 is 23.2 Å². The smallest absolute Gasteiger partial charge is 0.280 e. The Morgan fingerprint density at radius 1 is 0.644 bits per heavy atom. The molecule has 18 nitrogen and oxygen atoms in total. The van der Waals surface area contributed by atoms with E-state index in [0.29, 0.717) is 13.1 Å². The van der Waals surface area contributed by atoms with Crippen LogP contribution in [0, 0.1) is 0 Å². The summed E-state index contributed by atoms with van der Waals surface area (Å²) in [4.78, 5) is 53.2. The van der Waals surface area contributed by atoms with Crippen molar-refractivity contribution in [2.45, 2.75) is 32.1 Å². The number of amides is 2. The first-order valence-electron chi connectivity index (χ1n) is 14.3. The molecule has 2 aromatic heterocycles. The molecule has 1 saturated heterocycles. The molecule has 1 fully saturated rings. The highest BCUT2D eigenvalue weighted by molar-refractivity contribution is 6.32. The lowest BCUT2D eigenvalue weighted by molar-refractivity contribution is 0.0964. The zero-order valence-corrected chi connectivity index (χ0v) is 26.3. The van der Waals surface area contributed by atoms with Crippen LogP contribution in [0.3, 0.4) is 0 Å². The van der Waals surface area contributed by atoms with Gasteiger partial charge in [0, 0.05) is 26.2 Å². The van der Waals surface area contributed by atoms with Gasteiger partial charge < -0.3 is 44.2 Å². The van der Waals surface area contributed by atoms with Crippen LogP contribution in [0.15, 0.2) is 9.98 Å². The van der Waals surface area contributed by atoms with E-state index in [1.54, 1.807) is 0 Å². The lowest BCUT2D eigenvalue weighted by Crippen LogP contribution is -2.38. The van der Waals surface area contributed by atoms with E-state index in [0.717, 1.165) is 71.4 Å². The number of unbranched alkanes of at least 4 members (excludes halogenated alkanes) is 2. The van der Waals surface area contributed by atoms with Crippen molar-refractivity contribution in [3.8, 4) is 0 Å². The first-order valence-corrected chi connectivity index (χ1v) is 15.0. The Kier molecular flexibility index (Phi) is 13.5.